The molecule has 2 aromatic carbocycles. The predicted molar refractivity (Wildman–Crippen MR) is 101 cm³/mol. The molecule has 3 rings (SSSR count). The lowest BCUT2D eigenvalue weighted by molar-refractivity contribution is -0.384. The molecule has 3 N–H and O–H groups in total. The van der Waals surface area contributed by atoms with Crippen molar-refractivity contribution in [3.8, 4) is 11.3 Å². The van der Waals surface area contributed by atoms with E-state index in [0.717, 1.165) is 22.5 Å². The first kappa shape index (κ1) is 16.6. The highest BCUT2D eigenvalue weighted by Gasteiger charge is 2.08. The number of nitro groups is 1. The van der Waals surface area contributed by atoms with Crippen molar-refractivity contribution in [1.29, 1.82) is 0 Å². The van der Waals surface area contributed by atoms with Crippen molar-refractivity contribution in [1.82, 2.24) is 4.98 Å². The highest BCUT2D eigenvalue weighted by atomic mass is 32.1. The molecule has 8 heteroatoms. The van der Waals surface area contributed by atoms with Crippen molar-refractivity contribution in [2.24, 2.45) is 5.10 Å². The van der Waals surface area contributed by atoms with Gasteiger partial charge in [0.25, 0.3) is 5.69 Å². The van der Waals surface area contributed by atoms with Gasteiger partial charge < -0.3 is 5.73 Å². The smallest absolute Gasteiger partial charge is 0.269 e. The van der Waals surface area contributed by atoms with E-state index in [9.17, 15) is 10.1 Å². The van der Waals surface area contributed by atoms with Gasteiger partial charge in [-0.3, -0.25) is 15.5 Å². The van der Waals surface area contributed by atoms with Crippen molar-refractivity contribution < 1.29 is 4.92 Å². The van der Waals surface area contributed by atoms with Crippen molar-refractivity contribution in [2.75, 3.05) is 11.2 Å². The molecule has 0 saturated heterocycles. The number of hydrazone groups is 1. The van der Waals surface area contributed by atoms with E-state index in [-0.39, 0.29) is 5.69 Å². The molecule has 0 saturated carbocycles. The molecule has 0 unspecified atom stereocenters. The zero-order chi connectivity index (χ0) is 17.8. The van der Waals surface area contributed by atoms with Gasteiger partial charge in [-0.25, -0.2) is 4.98 Å². The molecule has 7 nitrogen and oxygen atoms in total. The lowest BCUT2D eigenvalue weighted by Gasteiger charge is -2.02. The average Bonchev–Trinajstić information content (AvgIpc) is 3.09. The Morgan fingerprint density at radius 3 is 2.52 bits per heavy atom. The molecule has 3 aromatic rings. The van der Waals surface area contributed by atoms with Gasteiger partial charge in [-0.15, -0.1) is 11.3 Å². The third kappa shape index (κ3) is 3.99. The summed E-state index contributed by atoms with van der Waals surface area (Å²) in [6.07, 6.45) is 0. The van der Waals surface area contributed by atoms with Crippen LogP contribution in [0, 0.1) is 10.1 Å². The number of hydrogen-bond acceptors (Lipinski definition) is 7. The van der Waals surface area contributed by atoms with Gasteiger partial charge in [0.2, 0.25) is 5.13 Å². The summed E-state index contributed by atoms with van der Waals surface area (Å²) in [4.78, 5) is 14.7. The van der Waals surface area contributed by atoms with Crippen LogP contribution < -0.4 is 11.2 Å². The van der Waals surface area contributed by atoms with Crippen LogP contribution in [-0.4, -0.2) is 15.6 Å². The summed E-state index contributed by atoms with van der Waals surface area (Å²) in [7, 11) is 0. The lowest BCUT2D eigenvalue weighted by Crippen LogP contribution is -1.99. The van der Waals surface area contributed by atoms with E-state index in [1.165, 1.54) is 23.5 Å². The van der Waals surface area contributed by atoms with Crippen LogP contribution in [0.3, 0.4) is 0 Å². The van der Waals surface area contributed by atoms with Crippen LogP contribution in [0.1, 0.15) is 12.5 Å². The summed E-state index contributed by atoms with van der Waals surface area (Å²) in [5.74, 6) is 0. The van der Waals surface area contributed by atoms with Crippen LogP contribution in [0.4, 0.5) is 16.5 Å². The minimum Gasteiger partial charge on any atom is -0.399 e. The fraction of sp³-hybridized carbons (Fsp3) is 0.0588. The maximum Gasteiger partial charge on any atom is 0.269 e. The maximum absolute atomic E-state index is 10.7. The predicted octanol–water partition coefficient (Wildman–Crippen LogP) is 4.14. The number of aromatic nitrogens is 1. The Hall–Kier alpha value is -3.26. The highest BCUT2D eigenvalue weighted by molar-refractivity contribution is 7.14. The molecule has 0 radical (unpaired) electrons. The lowest BCUT2D eigenvalue weighted by atomic mass is 10.1. The second-order valence-electron chi connectivity index (χ2n) is 5.27. The molecule has 0 aliphatic heterocycles. The SMILES string of the molecule is C/C(=N/Nc1nc(-c2ccc([N+](=O)[O-])cc2)cs1)c1ccc(N)cc1. The summed E-state index contributed by atoms with van der Waals surface area (Å²) in [6, 6.07) is 13.7. The number of non-ortho nitro benzene ring substituents is 1. The first-order valence-electron chi connectivity index (χ1n) is 7.39. The normalized spacial score (nSPS) is 11.3. The molecular formula is C17H15N5O2S. The molecule has 0 amide bonds. The van der Waals surface area contributed by atoms with E-state index >= 15 is 0 Å². The van der Waals surface area contributed by atoms with Crippen LogP contribution in [0.15, 0.2) is 59.0 Å². The van der Waals surface area contributed by atoms with Crippen LogP contribution >= 0.6 is 11.3 Å². The van der Waals surface area contributed by atoms with Crippen LogP contribution in [0.25, 0.3) is 11.3 Å². The first-order chi connectivity index (χ1) is 12.0. The number of nitro benzene ring substituents is 1. The van der Waals surface area contributed by atoms with Crippen molar-refractivity contribution in [3.63, 3.8) is 0 Å². The number of thiazole rings is 1. The van der Waals surface area contributed by atoms with E-state index in [1.807, 2.05) is 36.6 Å². The van der Waals surface area contributed by atoms with Crippen molar-refractivity contribution >= 4 is 33.6 Å². The molecule has 0 spiro atoms. The number of rotatable bonds is 5. The molecule has 1 heterocycles. The fourth-order valence-electron chi connectivity index (χ4n) is 2.13. The van der Waals surface area contributed by atoms with E-state index < -0.39 is 4.92 Å². The van der Waals surface area contributed by atoms with Gasteiger partial charge in [0.05, 0.1) is 16.3 Å². The van der Waals surface area contributed by atoms with Crippen molar-refractivity contribution in [2.45, 2.75) is 6.92 Å². The van der Waals surface area contributed by atoms with Crippen molar-refractivity contribution in [3.05, 3.63) is 69.6 Å². The van der Waals surface area contributed by atoms with E-state index in [4.69, 9.17) is 5.73 Å². The number of nitrogens with two attached hydrogens (primary N) is 1. The largest absolute Gasteiger partial charge is 0.399 e. The Bertz CT molecular complexity index is 917. The maximum atomic E-state index is 10.7. The summed E-state index contributed by atoms with van der Waals surface area (Å²) in [6.45, 7) is 1.89. The van der Waals surface area contributed by atoms with Gasteiger partial charge in [0, 0.05) is 28.8 Å². The topological polar surface area (TPSA) is 106 Å². The Morgan fingerprint density at radius 1 is 1.20 bits per heavy atom. The number of anilines is 2. The number of benzene rings is 2. The fourth-order valence-corrected chi connectivity index (χ4v) is 2.79. The van der Waals surface area contributed by atoms with Crippen LogP contribution in [0.2, 0.25) is 0 Å². The number of nitrogens with zero attached hydrogens (tertiary/aromatic N) is 3. The molecule has 0 fully saturated rings. The summed E-state index contributed by atoms with van der Waals surface area (Å²) >= 11 is 1.41. The number of nitrogen functional groups attached to an aromatic ring is 1. The molecule has 25 heavy (non-hydrogen) atoms. The Labute approximate surface area is 148 Å². The molecule has 0 bridgehead atoms. The van der Waals surface area contributed by atoms with E-state index in [0.29, 0.717) is 10.8 Å². The Kier molecular flexibility index (Phi) is 4.71. The molecule has 126 valence electrons. The van der Waals surface area contributed by atoms with Gasteiger partial charge >= 0.3 is 0 Å². The van der Waals surface area contributed by atoms with Gasteiger partial charge in [-0.2, -0.15) is 5.10 Å². The second kappa shape index (κ2) is 7.10. The zero-order valence-electron chi connectivity index (χ0n) is 13.3. The second-order valence-corrected chi connectivity index (χ2v) is 6.13. The quantitative estimate of drug-likeness (QED) is 0.310. The van der Waals surface area contributed by atoms with Crippen LogP contribution in [-0.2, 0) is 0 Å². The summed E-state index contributed by atoms with van der Waals surface area (Å²) in [5, 5.41) is 17.5. The van der Waals surface area contributed by atoms with E-state index in [2.05, 4.69) is 15.5 Å². The molecule has 1 aromatic heterocycles. The summed E-state index contributed by atoms with van der Waals surface area (Å²) in [5.41, 5.74) is 12.7. The minimum atomic E-state index is -0.424. The molecule has 0 aliphatic rings. The number of hydrogen-bond donors (Lipinski definition) is 2. The molecule has 0 aliphatic carbocycles. The molecule has 0 atom stereocenters. The zero-order valence-corrected chi connectivity index (χ0v) is 14.2. The van der Waals surface area contributed by atoms with Gasteiger partial charge in [0.15, 0.2) is 0 Å². The Balaban J connectivity index is 1.72. The highest BCUT2D eigenvalue weighted by Crippen LogP contribution is 2.26. The van der Waals surface area contributed by atoms with E-state index in [1.54, 1.807) is 12.1 Å². The Morgan fingerprint density at radius 2 is 1.88 bits per heavy atom. The van der Waals surface area contributed by atoms with Gasteiger partial charge in [-0.05, 0) is 36.8 Å². The van der Waals surface area contributed by atoms with Gasteiger partial charge in [-0.1, -0.05) is 12.1 Å². The standard InChI is InChI=1S/C17H15N5O2S/c1-11(12-2-6-14(18)7-3-12)20-21-17-19-16(10-25-17)13-4-8-15(9-5-13)22(23)24/h2-10H,18H2,1H3,(H,19,21)/b20-11-. The van der Waals surface area contributed by atoms with Gasteiger partial charge in [0.1, 0.15) is 0 Å². The summed E-state index contributed by atoms with van der Waals surface area (Å²) < 4.78 is 0. The third-order valence-corrected chi connectivity index (χ3v) is 4.27. The van der Waals surface area contributed by atoms with Crippen LogP contribution in [0.5, 0.6) is 0 Å². The first-order valence-corrected chi connectivity index (χ1v) is 8.27. The number of nitrogens with one attached hydrogen (secondary N) is 1. The minimum absolute atomic E-state index is 0.0565. The monoisotopic (exact) mass is 353 g/mol. The third-order valence-electron chi connectivity index (χ3n) is 3.53. The average molecular weight is 353 g/mol. The molecular weight excluding hydrogens is 338 g/mol.